The highest BCUT2D eigenvalue weighted by molar-refractivity contribution is 5.90. The van der Waals surface area contributed by atoms with Gasteiger partial charge in [-0.3, -0.25) is 0 Å². The number of hydrogen-bond donors (Lipinski definition) is 0. The lowest BCUT2D eigenvalue weighted by molar-refractivity contribution is -0.157. The van der Waals surface area contributed by atoms with Crippen LogP contribution in [0.2, 0.25) is 0 Å². The number of carbonyl (C=O) groups excluding carboxylic acids is 1. The molecule has 0 N–H and O–H groups in total. The van der Waals surface area contributed by atoms with Crippen LogP contribution < -0.4 is 0 Å². The Labute approximate surface area is 222 Å². The van der Waals surface area contributed by atoms with E-state index in [1.807, 2.05) is 90.6 Å². The monoisotopic (exact) mass is 495 g/mol. The topological polar surface area (TPSA) is 31.2 Å². The van der Waals surface area contributed by atoms with Crippen molar-refractivity contribution in [3.05, 3.63) is 156 Å². The lowest BCUT2D eigenvalue weighted by Crippen LogP contribution is -2.42. The first-order chi connectivity index (χ1) is 18.6. The third-order valence-electron chi connectivity index (χ3n) is 7.44. The number of rotatable bonds is 7. The molecule has 0 saturated carbocycles. The molecule has 0 saturated heterocycles. The van der Waals surface area contributed by atoms with Crippen molar-refractivity contribution in [2.45, 2.75) is 25.0 Å². The summed E-state index contributed by atoms with van der Waals surface area (Å²) in [5, 5.41) is 4.38. The van der Waals surface area contributed by atoms with Crippen LogP contribution in [-0.4, -0.2) is 10.5 Å². The van der Waals surface area contributed by atoms with Crippen LogP contribution in [0.25, 0.3) is 21.5 Å². The maximum absolute atomic E-state index is 14.4. The largest absolute Gasteiger partial charge is 0.451 e. The minimum Gasteiger partial charge on any atom is -0.451 e. The Hall–Kier alpha value is -4.63. The molecule has 0 spiro atoms. The summed E-state index contributed by atoms with van der Waals surface area (Å²) in [4.78, 5) is 14.4. The average molecular weight is 496 g/mol. The van der Waals surface area contributed by atoms with Crippen molar-refractivity contribution in [3.8, 4) is 0 Å². The van der Waals surface area contributed by atoms with Crippen molar-refractivity contribution in [1.82, 2.24) is 4.57 Å². The summed E-state index contributed by atoms with van der Waals surface area (Å²) in [6.45, 7) is 1.96. The standard InChI is InChI=1S/C35H29NO2/c1-35(36-23-9-10-24-36,25-26-13-3-2-4-14-26)34(37)38-33(31-21-11-17-27-15-5-7-19-29(27)31)32-22-12-18-28-16-6-8-20-30(28)32/h2-24,33H,25H2,1H3. The van der Waals surface area contributed by atoms with E-state index in [9.17, 15) is 4.79 Å². The Morgan fingerprint density at radius 2 is 1.16 bits per heavy atom. The zero-order valence-corrected chi connectivity index (χ0v) is 21.3. The van der Waals surface area contributed by atoms with Gasteiger partial charge in [-0.05, 0) is 46.2 Å². The average Bonchev–Trinajstić information content (AvgIpc) is 3.52. The smallest absolute Gasteiger partial charge is 0.333 e. The van der Waals surface area contributed by atoms with E-state index in [4.69, 9.17) is 4.74 Å². The first-order valence-corrected chi connectivity index (χ1v) is 13.0. The minimum absolute atomic E-state index is 0.275. The van der Waals surface area contributed by atoms with E-state index in [0.717, 1.165) is 38.2 Å². The maximum atomic E-state index is 14.4. The fourth-order valence-electron chi connectivity index (χ4n) is 5.41. The summed E-state index contributed by atoms with van der Waals surface area (Å²) >= 11 is 0. The quantitative estimate of drug-likeness (QED) is 0.210. The molecule has 0 bridgehead atoms. The van der Waals surface area contributed by atoms with E-state index in [0.29, 0.717) is 6.42 Å². The third kappa shape index (κ3) is 4.37. The van der Waals surface area contributed by atoms with Gasteiger partial charge in [-0.2, -0.15) is 0 Å². The predicted octanol–water partition coefficient (Wildman–Crippen LogP) is 8.09. The second kappa shape index (κ2) is 10.0. The van der Waals surface area contributed by atoms with Crippen molar-refractivity contribution in [2.24, 2.45) is 0 Å². The van der Waals surface area contributed by atoms with Gasteiger partial charge in [0.1, 0.15) is 5.54 Å². The molecule has 38 heavy (non-hydrogen) atoms. The Bertz CT molecular complexity index is 1620. The predicted molar refractivity (Wildman–Crippen MR) is 154 cm³/mol. The van der Waals surface area contributed by atoms with E-state index >= 15 is 0 Å². The van der Waals surface area contributed by atoms with Gasteiger partial charge in [-0.25, -0.2) is 4.79 Å². The van der Waals surface area contributed by atoms with E-state index in [-0.39, 0.29) is 5.97 Å². The van der Waals surface area contributed by atoms with Crippen molar-refractivity contribution in [2.75, 3.05) is 0 Å². The fraction of sp³-hybridized carbons (Fsp3) is 0.114. The van der Waals surface area contributed by atoms with Crippen molar-refractivity contribution >= 4 is 27.5 Å². The Balaban J connectivity index is 1.50. The Morgan fingerprint density at radius 3 is 1.74 bits per heavy atom. The van der Waals surface area contributed by atoms with Gasteiger partial charge < -0.3 is 9.30 Å². The fourth-order valence-corrected chi connectivity index (χ4v) is 5.41. The first-order valence-electron chi connectivity index (χ1n) is 13.0. The molecule has 0 aliphatic carbocycles. The second-order valence-electron chi connectivity index (χ2n) is 9.95. The molecule has 5 aromatic carbocycles. The number of carbonyl (C=O) groups is 1. The molecule has 0 radical (unpaired) electrons. The number of aromatic nitrogens is 1. The summed E-state index contributed by atoms with van der Waals surface area (Å²) < 4.78 is 8.60. The highest BCUT2D eigenvalue weighted by atomic mass is 16.5. The summed E-state index contributed by atoms with van der Waals surface area (Å²) in [5.41, 5.74) is 2.09. The Kier molecular flexibility index (Phi) is 6.27. The normalized spacial score (nSPS) is 13.0. The van der Waals surface area contributed by atoms with Crippen molar-refractivity contribution in [3.63, 3.8) is 0 Å². The van der Waals surface area contributed by atoms with Gasteiger partial charge in [-0.1, -0.05) is 115 Å². The third-order valence-corrected chi connectivity index (χ3v) is 7.44. The lowest BCUT2D eigenvalue weighted by Gasteiger charge is -2.32. The van der Waals surface area contributed by atoms with E-state index in [1.54, 1.807) is 0 Å². The molecule has 6 rings (SSSR count). The molecule has 6 aromatic rings. The van der Waals surface area contributed by atoms with Gasteiger partial charge in [0.2, 0.25) is 0 Å². The number of ether oxygens (including phenoxy) is 1. The van der Waals surface area contributed by atoms with Gasteiger partial charge in [0.25, 0.3) is 0 Å². The highest BCUT2D eigenvalue weighted by Crippen LogP contribution is 2.37. The molecule has 1 atom stereocenters. The van der Waals surface area contributed by atoms with Gasteiger partial charge in [-0.15, -0.1) is 0 Å². The number of benzene rings is 5. The zero-order chi connectivity index (χ0) is 26.0. The molecule has 186 valence electrons. The summed E-state index contributed by atoms with van der Waals surface area (Å²) in [5.74, 6) is -0.275. The molecule has 1 heterocycles. The summed E-state index contributed by atoms with van der Waals surface area (Å²) in [7, 11) is 0. The van der Waals surface area contributed by atoms with Gasteiger partial charge in [0, 0.05) is 29.9 Å². The van der Waals surface area contributed by atoms with Crippen LogP contribution in [0.15, 0.2) is 140 Å². The SMILES string of the molecule is CC(Cc1ccccc1)(C(=O)OC(c1cccc2ccccc12)c1cccc2ccccc12)n1cccc1. The minimum atomic E-state index is -0.932. The van der Waals surface area contributed by atoms with E-state index in [2.05, 4.69) is 60.7 Å². The van der Waals surface area contributed by atoms with Gasteiger partial charge in [0.15, 0.2) is 6.10 Å². The van der Waals surface area contributed by atoms with Gasteiger partial charge >= 0.3 is 5.97 Å². The number of esters is 1. The highest BCUT2D eigenvalue weighted by Gasteiger charge is 2.39. The van der Waals surface area contributed by atoms with Crippen molar-refractivity contribution in [1.29, 1.82) is 0 Å². The molecule has 0 amide bonds. The van der Waals surface area contributed by atoms with Crippen LogP contribution in [0.3, 0.4) is 0 Å². The van der Waals surface area contributed by atoms with E-state index < -0.39 is 11.6 Å². The summed E-state index contributed by atoms with van der Waals surface area (Å²) in [6.07, 6.45) is 3.81. The first kappa shape index (κ1) is 23.7. The summed E-state index contributed by atoms with van der Waals surface area (Å²) in [6, 6.07) is 43.0. The molecule has 1 aromatic heterocycles. The molecular formula is C35H29NO2. The van der Waals surface area contributed by atoms with Gasteiger partial charge in [0.05, 0.1) is 0 Å². The van der Waals surface area contributed by atoms with Crippen LogP contribution in [0.1, 0.15) is 29.7 Å². The number of hydrogen-bond acceptors (Lipinski definition) is 2. The molecule has 3 nitrogen and oxygen atoms in total. The molecule has 1 unspecified atom stereocenters. The molecular weight excluding hydrogens is 466 g/mol. The van der Waals surface area contributed by atoms with Crippen LogP contribution >= 0.6 is 0 Å². The van der Waals surface area contributed by atoms with Crippen LogP contribution in [0.5, 0.6) is 0 Å². The van der Waals surface area contributed by atoms with Crippen LogP contribution in [0, 0.1) is 0 Å². The Morgan fingerprint density at radius 1 is 0.658 bits per heavy atom. The zero-order valence-electron chi connectivity index (χ0n) is 21.3. The van der Waals surface area contributed by atoms with Crippen LogP contribution in [-0.2, 0) is 21.5 Å². The van der Waals surface area contributed by atoms with Crippen LogP contribution in [0.4, 0.5) is 0 Å². The molecule has 0 fully saturated rings. The maximum Gasteiger partial charge on any atom is 0.333 e. The molecule has 0 aliphatic heterocycles. The van der Waals surface area contributed by atoms with Crippen molar-refractivity contribution < 1.29 is 9.53 Å². The number of fused-ring (bicyclic) bond motifs is 2. The molecule has 0 aliphatic rings. The number of nitrogens with zero attached hydrogens (tertiary/aromatic N) is 1. The lowest BCUT2D eigenvalue weighted by atomic mass is 9.90. The van der Waals surface area contributed by atoms with E-state index in [1.165, 1.54) is 0 Å². The molecule has 3 heteroatoms. The second-order valence-corrected chi connectivity index (χ2v) is 9.95.